The molecule has 4 aliphatic rings. The highest BCUT2D eigenvalue weighted by molar-refractivity contribution is 5.25. The van der Waals surface area contributed by atoms with E-state index in [1.54, 1.807) is 0 Å². The number of hydrogen-bond donors (Lipinski definition) is 0. The summed E-state index contributed by atoms with van der Waals surface area (Å²) in [6.45, 7) is 17.1. The molecular weight excluding hydrogens is 456 g/mol. The van der Waals surface area contributed by atoms with Gasteiger partial charge in [-0.2, -0.15) is 0 Å². The summed E-state index contributed by atoms with van der Waals surface area (Å²) in [7, 11) is 0. The van der Waals surface area contributed by atoms with Gasteiger partial charge in [-0.05, 0) is 110 Å². The second kappa shape index (κ2) is 13.9. The highest BCUT2D eigenvalue weighted by atomic mass is 14.6. The van der Waals surface area contributed by atoms with Gasteiger partial charge in [-0.25, -0.2) is 0 Å². The van der Waals surface area contributed by atoms with Crippen molar-refractivity contribution in [3.8, 4) is 0 Å². The minimum absolute atomic E-state index is 0.515. The maximum absolute atomic E-state index is 4.40. The van der Waals surface area contributed by atoms with Crippen LogP contribution in [0.15, 0.2) is 24.3 Å². The van der Waals surface area contributed by atoms with Gasteiger partial charge < -0.3 is 0 Å². The molecular formula is C38H66. The number of allylic oxidation sites excluding steroid dienone is 3. The Labute approximate surface area is 239 Å². The lowest BCUT2D eigenvalue weighted by Gasteiger charge is -2.59. The summed E-state index contributed by atoms with van der Waals surface area (Å²) in [4.78, 5) is 0. The Morgan fingerprint density at radius 1 is 0.842 bits per heavy atom. The van der Waals surface area contributed by atoms with E-state index in [0.29, 0.717) is 10.8 Å². The first-order valence-electron chi connectivity index (χ1n) is 17.7. The molecule has 4 rings (SSSR count). The topological polar surface area (TPSA) is 0 Å². The van der Waals surface area contributed by atoms with Gasteiger partial charge in [-0.15, -0.1) is 6.58 Å². The molecule has 0 saturated heterocycles. The lowest BCUT2D eigenvalue weighted by Crippen LogP contribution is -2.50. The maximum atomic E-state index is 4.40. The van der Waals surface area contributed by atoms with Gasteiger partial charge in [0.15, 0.2) is 0 Å². The van der Waals surface area contributed by atoms with E-state index in [9.17, 15) is 0 Å². The molecule has 4 aliphatic carbocycles. The SMILES string of the molecule is C=C[C@H](CCCCCCCCCCCCC)[C@H]1CC[C@H]2C3CC=C4C[C@@H](C(C)C)CC[C@]4(C)[C@H]3CC[C@]12C. The average Bonchev–Trinajstić information content (AvgIpc) is 3.26. The molecule has 0 aromatic carbocycles. The molecule has 0 nitrogen and oxygen atoms in total. The molecule has 0 spiro atoms. The largest absolute Gasteiger partial charge is 0.103 e. The lowest BCUT2D eigenvalue weighted by molar-refractivity contribution is -0.0518. The molecule has 218 valence electrons. The summed E-state index contributed by atoms with van der Waals surface area (Å²) >= 11 is 0. The van der Waals surface area contributed by atoms with Crippen molar-refractivity contribution in [2.75, 3.05) is 0 Å². The zero-order chi connectivity index (χ0) is 27.2. The number of fused-ring (bicyclic) bond motifs is 5. The van der Waals surface area contributed by atoms with Crippen LogP contribution in [-0.4, -0.2) is 0 Å². The first-order valence-corrected chi connectivity index (χ1v) is 17.7. The van der Waals surface area contributed by atoms with E-state index in [0.717, 1.165) is 41.4 Å². The third-order valence-corrected chi connectivity index (χ3v) is 13.1. The van der Waals surface area contributed by atoms with Crippen molar-refractivity contribution >= 4 is 0 Å². The van der Waals surface area contributed by atoms with Crippen molar-refractivity contribution in [3.05, 3.63) is 24.3 Å². The van der Waals surface area contributed by atoms with Crippen LogP contribution in [-0.2, 0) is 0 Å². The smallest absolute Gasteiger partial charge is 0.00851 e. The van der Waals surface area contributed by atoms with Gasteiger partial charge in [0, 0.05) is 0 Å². The van der Waals surface area contributed by atoms with Crippen LogP contribution in [0, 0.1) is 52.3 Å². The molecule has 0 heteroatoms. The fourth-order valence-corrected chi connectivity index (χ4v) is 10.5. The summed E-state index contributed by atoms with van der Waals surface area (Å²) in [5.74, 6) is 6.30. The summed E-state index contributed by atoms with van der Waals surface area (Å²) < 4.78 is 0. The molecule has 0 aromatic rings. The summed E-state index contributed by atoms with van der Waals surface area (Å²) in [5, 5.41) is 0. The van der Waals surface area contributed by atoms with Crippen molar-refractivity contribution in [1.29, 1.82) is 0 Å². The van der Waals surface area contributed by atoms with Crippen molar-refractivity contribution < 1.29 is 0 Å². The van der Waals surface area contributed by atoms with E-state index in [1.807, 2.05) is 5.57 Å². The minimum Gasteiger partial charge on any atom is -0.103 e. The van der Waals surface area contributed by atoms with Crippen LogP contribution in [0.25, 0.3) is 0 Å². The Bertz CT molecular complexity index is 758. The van der Waals surface area contributed by atoms with E-state index in [2.05, 4.69) is 53.3 Å². The third kappa shape index (κ3) is 6.51. The van der Waals surface area contributed by atoms with Gasteiger partial charge in [0.1, 0.15) is 0 Å². The van der Waals surface area contributed by atoms with Crippen LogP contribution in [0.5, 0.6) is 0 Å². The first kappa shape index (κ1) is 30.4. The predicted octanol–water partition coefficient (Wildman–Crippen LogP) is 12.3. The van der Waals surface area contributed by atoms with E-state index in [4.69, 9.17) is 0 Å². The van der Waals surface area contributed by atoms with Gasteiger partial charge >= 0.3 is 0 Å². The van der Waals surface area contributed by atoms with Gasteiger partial charge in [-0.3, -0.25) is 0 Å². The molecule has 3 saturated carbocycles. The van der Waals surface area contributed by atoms with E-state index in [-0.39, 0.29) is 0 Å². The van der Waals surface area contributed by atoms with Gasteiger partial charge in [0.05, 0.1) is 0 Å². The molecule has 8 atom stereocenters. The van der Waals surface area contributed by atoms with Crippen molar-refractivity contribution in [3.63, 3.8) is 0 Å². The van der Waals surface area contributed by atoms with Gasteiger partial charge in [0.25, 0.3) is 0 Å². The minimum atomic E-state index is 0.515. The first-order chi connectivity index (χ1) is 18.3. The van der Waals surface area contributed by atoms with Crippen LogP contribution in [0.4, 0.5) is 0 Å². The van der Waals surface area contributed by atoms with Crippen LogP contribution >= 0.6 is 0 Å². The molecule has 0 radical (unpaired) electrons. The number of hydrogen-bond acceptors (Lipinski definition) is 0. The summed E-state index contributed by atoms with van der Waals surface area (Å²) in [5.41, 5.74) is 2.96. The highest BCUT2D eigenvalue weighted by Gasteiger charge is 2.59. The Kier molecular flexibility index (Phi) is 11.1. The maximum Gasteiger partial charge on any atom is -0.00851 e. The molecule has 1 unspecified atom stereocenters. The monoisotopic (exact) mass is 523 g/mol. The van der Waals surface area contributed by atoms with Crippen molar-refractivity contribution in [2.24, 2.45) is 52.3 Å². The quantitative estimate of drug-likeness (QED) is 0.148. The number of rotatable bonds is 15. The van der Waals surface area contributed by atoms with Crippen molar-refractivity contribution in [1.82, 2.24) is 0 Å². The number of unbranched alkanes of at least 4 members (excludes halogenated alkanes) is 10. The molecule has 0 amide bonds. The van der Waals surface area contributed by atoms with Crippen LogP contribution in [0.1, 0.15) is 163 Å². The van der Waals surface area contributed by atoms with Crippen molar-refractivity contribution in [2.45, 2.75) is 163 Å². The predicted molar refractivity (Wildman–Crippen MR) is 168 cm³/mol. The molecule has 0 heterocycles. The van der Waals surface area contributed by atoms with Crippen LogP contribution in [0.3, 0.4) is 0 Å². The lowest BCUT2D eigenvalue weighted by atomic mass is 9.46. The van der Waals surface area contributed by atoms with Gasteiger partial charge in [-0.1, -0.05) is 123 Å². The third-order valence-electron chi connectivity index (χ3n) is 13.1. The summed E-state index contributed by atoms with van der Waals surface area (Å²) in [6, 6.07) is 0. The average molecular weight is 523 g/mol. The van der Waals surface area contributed by atoms with Gasteiger partial charge in [0.2, 0.25) is 0 Å². The Morgan fingerprint density at radius 2 is 1.50 bits per heavy atom. The second-order valence-electron chi connectivity index (χ2n) is 15.5. The molecule has 3 fully saturated rings. The Morgan fingerprint density at radius 3 is 2.13 bits per heavy atom. The van der Waals surface area contributed by atoms with E-state index < -0.39 is 0 Å². The van der Waals surface area contributed by atoms with Crippen LogP contribution < -0.4 is 0 Å². The normalized spacial score (nSPS) is 37.3. The zero-order valence-corrected chi connectivity index (χ0v) is 26.5. The molecule has 38 heavy (non-hydrogen) atoms. The summed E-state index contributed by atoms with van der Waals surface area (Å²) in [6.07, 6.45) is 34.2. The molecule has 0 N–H and O–H groups in total. The molecule has 0 bridgehead atoms. The zero-order valence-electron chi connectivity index (χ0n) is 26.5. The molecule has 0 aromatic heterocycles. The molecule has 0 aliphatic heterocycles. The standard InChI is InChI=1S/C38H66/c1-7-9-10-11-12-13-14-15-16-17-18-19-30(8-2)34-22-23-35-33-21-20-32-28-31(29(3)4)24-26-37(32,5)36(33)25-27-38(34,35)6/h8,20,29-31,33-36H,2,7,9-19,21-28H2,1,3-6H3/t30-,31+,33?,34-,35+,36+,37+,38-/m1/s1. The fraction of sp³-hybridized carbons (Fsp3) is 0.895. The van der Waals surface area contributed by atoms with Crippen LogP contribution in [0.2, 0.25) is 0 Å². The van der Waals surface area contributed by atoms with E-state index in [1.165, 1.54) is 128 Å². The Balaban J connectivity index is 1.26. The Hall–Kier alpha value is -0.520. The second-order valence-corrected chi connectivity index (χ2v) is 15.5. The van der Waals surface area contributed by atoms with E-state index >= 15 is 0 Å². The highest BCUT2D eigenvalue weighted by Crippen LogP contribution is 2.67. The fourth-order valence-electron chi connectivity index (χ4n) is 10.5.